The number of methoxy groups -OCH3 is 1. The number of aryl methyl sites for hydroxylation is 1. The summed E-state index contributed by atoms with van der Waals surface area (Å²) in [6.07, 6.45) is 5.60. The number of anilines is 1. The third kappa shape index (κ3) is 4.28. The first-order valence-corrected chi connectivity index (χ1v) is 6.44. The first-order valence-electron chi connectivity index (χ1n) is 6.44. The van der Waals surface area contributed by atoms with E-state index in [1.807, 2.05) is 60.7 Å². The molecule has 1 N–H and O–H groups in total. The summed E-state index contributed by atoms with van der Waals surface area (Å²) in [5, 5.41) is 4.13. The van der Waals surface area contributed by atoms with Crippen LogP contribution in [0.2, 0.25) is 0 Å². The number of allylic oxidation sites excluding steroid dienone is 1. The first kappa shape index (κ1) is 13.9. The van der Waals surface area contributed by atoms with Crippen LogP contribution in [0.25, 0.3) is 6.08 Å². The van der Waals surface area contributed by atoms with Gasteiger partial charge in [-0.25, -0.2) is 0 Å². The lowest BCUT2D eigenvalue weighted by Crippen LogP contribution is -1.87. The van der Waals surface area contributed by atoms with Crippen LogP contribution in [-0.2, 0) is 0 Å². The minimum Gasteiger partial charge on any atom is -0.497 e. The molecule has 2 aromatic rings. The van der Waals surface area contributed by atoms with Gasteiger partial charge < -0.3 is 4.74 Å². The van der Waals surface area contributed by atoms with Gasteiger partial charge in [0.15, 0.2) is 0 Å². The third-order valence-corrected chi connectivity index (χ3v) is 2.81. The van der Waals surface area contributed by atoms with Crippen molar-refractivity contribution in [2.24, 2.45) is 5.10 Å². The molecule has 2 rings (SSSR count). The molecule has 3 nitrogen and oxygen atoms in total. The molecule has 0 atom stereocenters. The van der Waals surface area contributed by atoms with E-state index in [1.165, 1.54) is 5.56 Å². The van der Waals surface area contributed by atoms with Crippen molar-refractivity contribution < 1.29 is 4.74 Å². The van der Waals surface area contributed by atoms with E-state index in [9.17, 15) is 0 Å². The van der Waals surface area contributed by atoms with E-state index in [1.54, 1.807) is 13.3 Å². The van der Waals surface area contributed by atoms with Gasteiger partial charge >= 0.3 is 0 Å². The van der Waals surface area contributed by atoms with Gasteiger partial charge in [0.2, 0.25) is 0 Å². The molecule has 20 heavy (non-hydrogen) atoms. The van der Waals surface area contributed by atoms with Gasteiger partial charge in [0.1, 0.15) is 5.75 Å². The van der Waals surface area contributed by atoms with E-state index < -0.39 is 0 Å². The Hall–Kier alpha value is -2.55. The van der Waals surface area contributed by atoms with Crippen molar-refractivity contribution in [3.63, 3.8) is 0 Å². The van der Waals surface area contributed by atoms with Gasteiger partial charge in [-0.3, -0.25) is 5.43 Å². The molecule has 3 heteroatoms. The van der Waals surface area contributed by atoms with Gasteiger partial charge in [-0.2, -0.15) is 5.10 Å². The summed E-state index contributed by atoms with van der Waals surface area (Å²) in [4.78, 5) is 0. The standard InChI is InChI=1S/C17H18N2O/c1-14-5-9-16(10-6-14)19-18-13-3-4-15-7-11-17(20-2)12-8-15/h3-13,19H,1-2H3. The highest BCUT2D eigenvalue weighted by atomic mass is 16.5. The third-order valence-electron chi connectivity index (χ3n) is 2.81. The van der Waals surface area contributed by atoms with Crippen LogP contribution in [0.15, 0.2) is 59.7 Å². The molecule has 102 valence electrons. The maximum atomic E-state index is 5.11. The van der Waals surface area contributed by atoms with Crippen LogP contribution in [0.1, 0.15) is 11.1 Å². The fourth-order valence-corrected chi connectivity index (χ4v) is 1.65. The molecule has 0 aromatic heterocycles. The average molecular weight is 266 g/mol. The second kappa shape index (κ2) is 7.14. The Morgan fingerprint density at radius 2 is 1.70 bits per heavy atom. The van der Waals surface area contributed by atoms with Gasteiger partial charge in [0.05, 0.1) is 12.8 Å². The van der Waals surface area contributed by atoms with Gasteiger partial charge in [0.25, 0.3) is 0 Å². The zero-order chi connectivity index (χ0) is 14.2. The summed E-state index contributed by atoms with van der Waals surface area (Å²) in [6, 6.07) is 16.0. The van der Waals surface area contributed by atoms with E-state index >= 15 is 0 Å². The maximum Gasteiger partial charge on any atom is 0.118 e. The van der Waals surface area contributed by atoms with Gasteiger partial charge in [-0.05, 0) is 42.8 Å². The normalized spacial score (nSPS) is 11.1. The van der Waals surface area contributed by atoms with Crippen LogP contribution in [0.5, 0.6) is 5.75 Å². The Labute approximate surface area is 119 Å². The number of hydrogen-bond donors (Lipinski definition) is 1. The molecule has 0 aliphatic rings. The highest BCUT2D eigenvalue weighted by Crippen LogP contribution is 2.12. The molecule has 2 aromatic carbocycles. The molecule has 0 amide bonds. The fraction of sp³-hybridized carbons (Fsp3) is 0.118. The molecule has 0 aliphatic carbocycles. The highest BCUT2D eigenvalue weighted by molar-refractivity contribution is 5.78. The van der Waals surface area contributed by atoms with Crippen LogP contribution >= 0.6 is 0 Å². The lowest BCUT2D eigenvalue weighted by molar-refractivity contribution is 0.415. The van der Waals surface area contributed by atoms with Crippen LogP contribution in [0.4, 0.5) is 5.69 Å². The van der Waals surface area contributed by atoms with E-state index in [4.69, 9.17) is 4.74 Å². The van der Waals surface area contributed by atoms with Crippen LogP contribution in [0, 0.1) is 6.92 Å². The zero-order valence-electron chi connectivity index (χ0n) is 11.7. The van der Waals surface area contributed by atoms with Gasteiger partial charge in [-0.15, -0.1) is 0 Å². The van der Waals surface area contributed by atoms with Crippen LogP contribution in [0.3, 0.4) is 0 Å². The lowest BCUT2D eigenvalue weighted by Gasteiger charge is -1.99. The quantitative estimate of drug-likeness (QED) is 0.652. The summed E-state index contributed by atoms with van der Waals surface area (Å²) >= 11 is 0. The molecule has 0 bridgehead atoms. The summed E-state index contributed by atoms with van der Waals surface area (Å²) in [6.45, 7) is 2.06. The average Bonchev–Trinajstić information content (AvgIpc) is 2.49. The van der Waals surface area contributed by atoms with Crippen molar-refractivity contribution in [3.8, 4) is 5.75 Å². The van der Waals surface area contributed by atoms with Crippen molar-refractivity contribution in [2.45, 2.75) is 6.92 Å². The topological polar surface area (TPSA) is 33.6 Å². The Balaban J connectivity index is 1.85. The highest BCUT2D eigenvalue weighted by Gasteiger charge is 1.89. The summed E-state index contributed by atoms with van der Waals surface area (Å²) in [5.74, 6) is 0.858. The van der Waals surface area contributed by atoms with E-state index in [0.29, 0.717) is 0 Å². The smallest absolute Gasteiger partial charge is 0.118 e. The van der Waals surface area contributed by atoms with E-state index in [-0.39, 0.29) is 0 Å². The number of benzene rings is 2. The molecule has 0 spiro atoms. The molecule has 0 unspecified atom stereocenters. The predicted octanol–water partition coefficient (Wildman–Crippen LogP) is 4.11. The minimum absolute atomic E-state index is 0.858. The summed E-state index contributed by atoms with van der Waals surface area (Å²) in [7, 11) is 1.66. The monoisotopic (exact) mass is 266 g/mol. The first-order chi connectivity index (χ1) is 9.78. The van der Waals surface area contributed by atoms with Gasteiger partial charge in [-0.1, -0.05) is 35.9 Å². The summed E-state index contributed by atoms with van der Waals surface area (Å²) < 4.78 is 5.11. The molecule has 0 fully saturated rings. The largest absolute Gasteiger partial charge is 0.497 e. The van der Waals surface area contributed by atoms with Crippen molar-refractivity contribution in [2.75, 3.05) is 12.5 Å². The van der Waals surface area contributed by atoms with Crippen LogP contribution < -0.4 is 10.2 Å². The van der Waals surface area contributed by atoms with Crippen molar-refractivity contribution in [1.29, 1.82) is 0 Å². The lowest BCUT2D eigenvalue weighted by atomic mass is 10.2. The van der Waals surface area contributed by atoms with E-state index in [2.05, 4.69) is 17.5 Å². The number of hydrazone groups is 1. The summed E-state index contributed by atoms with van der Waals surface area (Å²) in [5.41, 5.74) is 6.29. The van der Waals surface area contributed by atoms with Crippen molar-refractivity contribution in [1.82, 2.24) is 0 Å². The zero-order valence-corrected chi connectivity index (χ0v) is 11.7. The Morgan fingerprint density at radius 3 is 2.35 bits per heavy atom. The Morgan fingerprint density at radius 1 is 1.00 bits per heavy atom. The predicted molar refractivity (Wildman–Crippen MR) is 85.3 cm³/mol. The molecule has 0 aliphatic heterocycles. The molecular weight excluding hydrogens is 248 g/mol. The van der Waals surface area contributed by atoms with Crippen LogP contribution in [-0.4, -0.2) is 13.3 Å². The Bertz CT molecular complexity index is 583. The van der Waals surface area contributed by atoms with Crippen molar-refractivity contribution >= 4 is 18.0 Å². The van der Waals surface area contributed by atoms with E-state index in [0.717, 1.165) is 17.0 Å². The van der Waals surface area contributed by atoms with Crippen molar-refractivity contribution in [3.05, 3.63) is 65.7 Å². The molecular formula is C17H18N2O. The molecule has 0 heterocycles. The SMILES string of the molecule is COc1ccc(C=CC=NNc2ccc(C)cc2)cc1. The van der Waals surface area contributed by atoms with Gasteiger partial charge in [0, 0.05) is 6.21 Å². The number of rotatable bonds is 5. The maximum absolute atomic E-state index is 5.11. The molecule has 0 radical (unpaired) electrons. The number of hydrogen-bond acceptors (Lipinski definition) is 3. The number of ether oxygens (including phenoxy) is 1. The second-order valence-corrected chi connectivity index (χ2v) is 4.39. The molecule has 0 saturated heterocycles. The number of nitrogens with zero attached hydrogens (tertiary/aromatic N) is 1. The minimum atomic E-state index is 0.858. The molecule has 0 saturated carbocycles. The number of nitrogens with one attached hydrogen (secondary N) is 1. The fourth-order valence-electron chi connectivity index (χ4n) is 1.65. The Kier molecular flexibility index (Phi) is 4.95. The second-order valence-electron chi connectivity index (χ2n) is 4.39.